The fourth-order valence-corrected chi connectivity index (χ4v) is 5.30. The second-order valence-electron chi connectivity index (χ2n) is 4.80. The van der Waals surface area contributed by atoms with Crippen LogP contribution in [0.15, 0.2) is 12.7 Å². The minimum atomic E-state index is -3.25. The van der Waals surface area contributed by atoms with Crippen molar-refractivity contribution in [2.45, 2.75) is 51.3 Å². The van der Waals surface area contributed by atoms with Crippen LogP contribution in [0.1, 0.15) is 40.0 Å². The molecule has 1 aliphatic rings. The summed E-state index contributed by atoms with van der Waals surface area (Å²) in [5.41, 5.74) is -1.47. The molecule has 5 heteroatoms. The van der Waals surface area contributed by atoms with Crippen LogP contribution in [0.4, 0.5) is 0 Å². The first-order valence-corrected chi connectivity index (χ1v) is 8.29. The summed E-state index contributed by atoms with van der Waals surface area (Å²) in [5.74, 6) is -0.126. The quantitative estimate of drug-likeness (QED) is 0.572. The van der Waals surface area contributed by atoms with E-state index in [1.54, 1.807) is 19.9 Å². The Morgan fingerprint density at radius 3 is 2.50 bits per heavy atom. The van der Waals surface area contributed by atoms with Gasteiger partial charge in [0.25, 0.3) is 0 Å². The molecule has 0 saturated heterocycles. The minimum Gasteiger partial charge on any atom is -0.388 e. The SMILES string of the molecule is C=CC(C)C1(O)CCCC1P(=O)(OCC)OCC. The van der Waals surface area contributed by atoms with E-state index in [9.17, 15) is 9.67 Å². The molecule has 1 rings (SSSR count). The van der Waals surface area contributed by atoms with Crippen molar-refractivity contribution in [3.8, 4) is 0 Å². The monoisotopic (exact) mass is 276 g/mol. The van der Waals surface area contributed by atoms with Crippen molar-refractivity contribution >= 4 is 7.60 Å². The van der Waals surface area contributed by atoms with E-state index < -0.39 is 18.9 Å². The van der Waals surface area contributed by atoms with Crippen molar-refractivity contribution < 1.29 is 18.7 Å². The molecule has 1 N–H and O–H groups in total. The van der Waals surface area contributed by atoms with E-state index in [0.717, 1.165) is 6.42 Å². The van der Waals surface area contributed by atoms with Crippen LogP contribution in [0.5, 0.6) is 0 Å². The van der Waals surface area contributed by atoms with Gasteiger partial charge in [0.05, 0.1) is 24.5 Å². The highest BCUT2D eigenvalue weighted by atomic mass is 31.2. The zero-order chi connectivity index (χ0) is 13.8. The topological polar surface area (TPSA) is 55.8 Å². The van der Waals surface area contributed by atoms with Crippen LogP contribution >= 0.6 is 7.60 Å². The summed E-state index contributed by atoms with van der Waals surface area (Å²) < 4.78 is 23.6. The lowest BCUT2D eigenvalue weighted by Gasteiger charge is -2.37. The Hall–Kier alpha value is -0.150. The van der Waals surface area contributed by atoms with Gasteiger partial charge in [-0.1, -0.05) is 13.0 Å². The van der Waals surface area contributed by atoms with Crippen LogP contribution in [0.2, 0.25) is 0 Å². The van der Waals surface area contributed by atoms with Crippen molar-refractivity contribution in [2.24, 2.45) is 5.92 Å². The Morgan fingerprint density at radius 2 is 2.06 bits per heavy atom. The first kappa shape index (κ1) is 15.9. The van der Waals surface area contributed by atoms with Gasteiger partial charge in [-0.3, -0.25) is 4.57 Å². The Morgan fingerprint density at radius 1 is 1.50 bits per heavy atom. The maximum absolute atomic E-state index is 12.8. The fraction of sp³-hybridized carbons (Fsp3) is 0.846. The van der Waals surface area contributed by atoms with Gasteiger partial charge in [-0.2, -0.15) is 0 Å². The summed E-state index contributed by atoms with van der Waals surface area (Å²) in [6.45, 7) is 9.85. The molecule has 4 nitrogen and oxygen atoms in total. The molecule has 106 valence electrons. The molecule has 0 bridgehead atoms. The smallest absolute Gasteiger partial charge is 0.336 e. The summed E-state index contributed by atoms with van der Waals surface area (Å²) in [6, 6.07) is 0. The van der Waals surface area contributed by atoms with Gasteiger partial charge in [0, 0.05) is 5.92 Å². The molecule has 1 fully saturated rings. The molecule has 1 aliphatic carbocycles. The third kappa shape index (κ3) is 2.88. The van der Waals surface area contributed by atoms with Gasteiger partial charge in [-0.25, -0.2) is 0 Å². The second-order valence-corrected chi connectivity index (χ2v) is 7.02. The Balaban J connectivity index is 3.03. The highest BCUT2D eigenvalue weighted by molar-refractivity contribution is 7.54. The minimum absolute atomic E-state index is 0.126. The predicted octanol–water partition coefficient (Wildman–Crippen LogP) is 3.36. The van der Waals surface area contributed by atoms with Crippen molar-refractivity contribution in [2.75, 3.05) is 13.2 Å². The summed E-state index contributed by atoms with van der Waals surface area (Å²) in [4.78, 5) is 0. The maximum atomic E-state index is 12.8. The second kappa shape index (κ2) is 6.33. The van der Waals surface area contributed by atoms with Gasteiger partial charge in [0.1, 0.15) is 0 Å². The van der Waals surface area contributed by atoms with Crippen LogP contribution in [-0.2, 0) is 13.6 Å². The lowest BCUT2D eigenvalue weighted by atomic mass is 9.87. The molecule has 0 aliphatic heterocycles. The Bertz CT molecular complexity index is 321. The largest absolute Gasteiger partial charge is 0.388 e. The fourth-order valence-electron chi connectivity index (χ4n) is 2.74. The molecule has 18 heavy (non-hydrogen) atoms. The molecule has 0 heterocycles. The maximum Gasteiger partial charge on any atom is 0.336 e. The Kier molecular flexibility index (Phi) is 5.60. The van der Waals surface area contributed by atoms with Crippen LogP contribution < -0.4 is 0 Å². The van der Waals surface area contributed by atoms with Gasteiger partial charge in [-0.15, -0.1) is 6.58 Å². The van der Waals surface area contributed by atoms with Gasteiger partial charge in [0.2, 0.25) is 0 Å². The number of aliphatic hydroxyl groups is 1. The lowest BCUT2D eigenvalue weighted by Crippen LogP contribution is -2.43. The van der Waals surface area contributed by atoms with Crippen molar-refractivity contribution in [1.82, 2.24) is 0 Å². The molecular formula is C13H25O4P. The summed E-state index contributed by atoms with van der Waals surface area (Å²) in [7, 11) is -3.25. The highest BCUT2D eigenvalue weighted by Crippen LogP contribution is 2.62. The highest BCUT2D eigenvalue weighted by Gasteiger charge is 2.54. The molecule has 1 saturated carbocycles. The molecule has 3 unspecified atom stereocenters. The molecule has 0 aromatic rings. The number of rotatable bonds is 7. The van der Waals surface area contributed by atoms with E-state index in [0.29, 0.717) is 26.1 Å². The van der Waals surface area contributed by atoms with E-state index in [-0.39, 0.29) is 5.92 Å². The molecule has 0 radical (unpaired) electrons. The molecule has 0 aromatic carbocycles. The standard InChI is InChI=1S/C13H25O4P/c1-5-11(4)13(14)10-8-9-12(13)18(15,16-6-2)17-7-3/h5,11-12,14H,1,6-10H2,2-4H3. The van der Waals surface area contributed by atoms with Crippen LogP contribution in [0, 0.1) is 5.92 Å². The van der Waals surface area contributed by atoms with Crippen LogP contribution in [-0.4, -0.2) is 29.6 Å². The van der Waals surface area contributed by atoms with E-state index in [1.165, 1.54) is 0 Å². The molecule has 0 aromatic heterocycles. The molecule has 0 amide bonds. The van der Waals surface area contributed by atoms with Gasteiger partial charge < -0.3 is 14.2 Å². The van der Waals surface area contributed by atoms with Crippen molar-refractivity contribution in [3.05, 3.63) is 12.7 Å². The number of hydrogen-bond donors (Lipinski definition) is 1. The summed E-state index contributed by atoms with van der Waals surface area (Å²) >= 11 is 0. The first-order valence-electron chi connectivity index (χ1n) is 6.68. The van der Waals surface area contributed by atoms with E-state index in [1.807, 2.05) is 6.92 Å². The third-order valence-corrected chi connectivity index (χ3v) is 6.48. The first-order chi connectivity index (χ1) is 8.44. The van der Waals surface area contributed by atoms with E-state index in [4.69, 9.17) is 9.05 Å². The molecule has 3 atom stereocenters. The van der Waals surface area contributed by atoms with Gasteiger partial charge in [0.15, 0.2) is 0 Å². The molecule has 0 spiro atoms. The molecular weight excluding hydrogens is 251 g/mol. The van der Waals surface area contributed by atoms with Crippen molar-refractivity contribution in [3.63, 3.8) is 0 Å². The number of hydrogen-bond acceptors (Lipinski definition) is 4. The van der Waals surface area contributed by atoms with E-state index >= 15 is 0 Å². The average molecular weight is 276 g/mol. The lowest BCUT2D eigenvalue weighted by molar-refractivity contribution is 0.00728. The van der Waals surface area contributed by atoms with E-state index in [2.05, 4.69) is 6.58 Å². The van der Waals surface area contributed by atoms with Crippen LogP contribution in [0.3, 0.4) is 0 Å². The predicted molar refractivity (Wildman–Crippen MR) is 72.8 cm³/mol. The van der Waals surface area contributed by atoms with Crippen LogP contribution in [0.25, 0.3) is 0 Å². The zero-order valence-electron chi connectivity index (χ0n) is 11.6. The third-order valence-electron chi connectivity index (χ3n) is 3.77. The normalized spacial score (nSPS) is 30.3. The van der Waals surface area contributed by atoms with Gasteiger partial charge in [-0.05, 0) is 33.1 Å². The Labute approximate surface area is 110 Å². The summed E-state index contributed by atoms with van der Waals surface area (Å²) in [5, 5.41) is 10.8. The van der Waals surface area contributed by atoms with Crippen molar-refractivity contribution in [1.29, 1.82) is 0 Å². The average Bonchev–Trinajstić information content (AvgIpc) is 2.73. The van der Waals surface area contributed by atoms with Gasteiger partial charge >= 0.3 is 7.60 Å². The summed E-state index contributed by atoms with van der Waals surface area (Å²) in [6.07, 6.45) is 3.84. The zero-order valence-corrected chi connectivity index (χ0v) is 12.5.